The van der Waals surface area contributed by atoms with Crippen LogP contribution in [0.3, 0.4) is 0 Å². The first-order valence-electron chi connectivity index (χ1n) is 7.59. The summed E-state index contributed by atoms with van der Waals surface area (Å²) in [7, 11) is 1.60. The van der Waals surface area contributed by atoms with Gasteiger partial charge in [0.15, 0.2) is 11.5 Å². The number of aryl methyl sites for hydroxylation is 1. The number of hydrogen-bond donors (Lipinski definition) is 1. The lowest BCUT2D eigenvalue weighted by molar-refractivity contribution is -0.111. The fourth-order valence-corrected chi connectivity index (χ4v) is 2.73. The molecule has 0 radical (unpaired) electrons. The average Bonchev–Trinajstić information content (AvgIpc) is 2.56. The number of benzene rings is 2. The van der Waals surface area contributed by atoms with Crippen LogP contribution in [0, 0.1) is 6.92 Å². The number of nitrogens with one attached hydrogen (secondary N) is 1. The summed E-state index contributed by atoms with van der Waals surface area (Å²) in [5.74, 6) is 1.12. The van der Waals surface area contributed by atoms with E-state index in [1.807, 2.05) is 50.2 Å². The van der Waals surface area contributed by atoms with Gasteiger partial charge < -0.3 is 14.8 Å². The van der Waals surface area contributed by atoms with Crippen LogP contribution < -0.4 is 14.8 Å². The second kappa shape index (κ2) is 8.55. The maximum atomic E-state index is 12.1. The third-order valence-corrected chi connectivity index (χ3v) is 3.95. The van der Waals surface area contributed by atoms with Crippen LogP contribution >= 0.6 is 15.9 Å². The standard InChI is InChI=1S/C19H20BrNO3/c1-4-24-18-12-14(6-9-17(18)23-3)7-10-19(22)21-16-8-5-13(2)11-15(16)20/h5-12H,4H2,1-3H3,(H,21,22)/b10-7+. The Balaban J connectivity index is 2.09. The van der Waals surface area contributed by atoms with Crippen molar-refractivity contribution in [3.8, 4) is 11.5 Å². The molecule has 126 valence electrons. The summed E-state index contributed by atoms with van der Waals surface area (Å²) in [4.78, 5) is 12.1. The SMILES string of the molecule is CCOc1cc(/C=C/C(=O)Nc2ccc(C)cc2Br)ccc1OC. The summed E-state index contributed by atoms with van der Waals surface area (Å²) in [6.07, 6.45) is 3.23. The summed E-state index contributed by atoms with van der Waals surface area (Å²) in [5, 5.41) is 2.84. The molecule has 0 atom stereocenters. The number of carbonyl (C=O) groups is 1. The van der Waals surface area contributed by atoms with E-state index in [2.05, 4.69) is 21.2 Å². The monoisotopic (exact) mass is 389 g/mol. The molecule has 0 aliphatic rings. The first-order chi connectivity index (χ1) is 11.5. The molecule has 0 aliphatic carbocycles. The van der Waals surface area contributed by atoms with Crippen LogP contribution in [0.15, 0.2) is 46.9 Å². The highest BCUT2D eigenvalue weighted by atomic mass is 79.9. The van der Waals surface area contributed by atoms with Gasteiger partial charge in [0.1, 0.15) is 0 Å². The van der Waals surface area contributed by atoms with Crippen molar-refractivity contribution < 1.29 is 14.3 Å². The zero-order valence-electron chi connectivity index (χ0n) is 13.9. The van der Waals surface area contributed by atoms with Gasteiger partial charge in [0.2, 0.25) is 5.91 Å². The zero-order chi connectivity index (χ0) is 17.5. The van der Waals surface area contributed by atoms with E-state index in [1.54, 1.807) is 13.2 Å². The molecule has 0 saturated heterocycles. The predicted molar refractivity (Wildman–Crippen MR) is 101 cm³/mol. The summed E-state index contributed by atoms with van der Waals surface area (Å²) in [6, 6.07) is 11.3. The Labute approximate surface area is 150 Å². The van der Waals surface area contributed by atoms with Gasteiger partial charge in [-0.15, -0.1) is 0 Å². The van der Waals surface area contributed by atoms with E-state index in [-0.39, 0.29) is 5.91 Å². The minimum atomic E-state index is -0.201. The van der Waals surface area contributed by atoms with Crippen LogP contribution in [0.25, 0.3) is 6.08 Å². The van der Waals surface area contributed by atoms with Gasteiger partial charge in [-0.3, -0.25) is 4.79 Å². The quantitative estimate of drug-likeness (QED) is 0.720. The molecule has 0 bridgehead atoms. The molecule has 2 rings (SSSR count). The van der Waals surface area contributed by atoms with Gasteiger partial charge in [0.25, 0.3) is 0 Å². The molecule has 0 saturated carbocycles. The van der Waals surface area contributed by atoms with Crippen LogP contribution in [0.1, 0.15) is 18.1 Å². The number of amides is 1. The normalized spacial score (nSPS) is 10.7. The van der Waals surface area contributed by atoms with E-state index < -0.39 is 0 Å². The van der Waals surface area contributed by atoms with Crippen LogP contribution in [-0.2, 0) is 4.79 Å². The van der Waals surface area contributed by atoms with Crippen molar-refractivity contribution in [2.75, 3.05) is 19.0 Å². The number of methoxy groups -OCH3 is 1. The van der Waals surface area contributed by atoms with Crippen LogP contribution in [0.5, 0.6) is 11.5 Å². The van der Waals surface area contributed by atoms with E-state index in [1.165, 1.54) is 6.08 Å². The molecule has 5 heteroatoms. The van der Waals surface area contributed by atoms with E-state index in [4.69, 9.17) is 9.47 Å². The number of carbonyl (C=O) groups excluding carboxylic acids is 1. The Bertz CT molecular complexity index is 756. The lowest BCUT2D eigenvalue weighted by atomic mass is 10.2. The van der Waals surface area contributed by atoms with Gasteiger partial charge in [-0.05, 0) is 71.2 Å². The van der Waals surface area contributed by atoms with Crippen LogP contribution in [-0.4, -0.2) is 19.6 Å². The lowest BCUT2D eigenvalue weighted by Crippen LogP contribution is -2.08. The second-order valence-corrected chi connectivity index (χ2v) is 6.00. The highest BCUT2D eigenvalue weighted by Crippen LogP contribution is 2.28. The van der Waals surface area contributed by atoms with Gasteiger partial charge in [-0.1, -0.05) is 12.1 Å². The van der Waals surface area contributed by atoms with E-state index in [0.29, 0.717) is 18.1 Å². The Hall–Kier alpha value is -2.27. The van der Waals surface area contributed by atoms with E-state index >= 15 is 0 Å². The number of halogens is 1. The van der Waals surface area contributed by atoms with Crippen molar-refractivity contribution in [1.82, 2.24) is 0 Å². The number of hydrogen-bond acceptors (Lipinski definition) is 3. The average molecular weight is 390 g/mol. The third kappa shape index (κ3) is 4.86. The van der Waals surface area contributed by atoms with Gasteiger partial charge >= 0.3 is 0 Å². The largest absolute Gasteiger partial charge is 0.493 e. The first-order valence-corrected chi connectivity index (χ1v) is 8.39. The molecule has 2 aromatic rings. The molecule has 2 aromatic carbocycles. The molecule has 0 unspecified atom stereocenters. The second-order valence-electron chi connectivity index (χ2n) is 5.15. The van der Waals surface area contributed by atoms with Crippen molar-refractivity contribution in [3.63, 3.8) is 0 Å². The maximum absolute atomic E-state index is 12.1. The fourth-order valence-electron chi connectivity index (χ4n) is 2.13. The Kier molecular flexibility index (Phi) is 6.44. The third-order valence-electron chi connectivity index (χ3n) is 3.30. The Morgan fingerprint density at radius 2 is 2.00 bits per heavy atom. The van der Waals surface area contributed by atoms with E-state index in [0.717, 1.165) is 21.3 Å². The molecule has 0 heterocycles. The summed E-state index contributed by atoms with van der Waals surface area (Å²) in [5.41, 5.74) is 2.72. The van der Waals surface area contributed by atoms with Gasteiger partial charge in [-0.2, -0.15) is 0 Å². The zero-order valence-corrected chi connectivity index (χ0v) is 15.5. The van der Waals surface area contributed by atoms with Crippen molar-refractivity contribution in [2.24, 2.45) is 0 Å². The molecule has 1 amide bonds. The Morgan fingerprint density at radius 1 is 1.21 bits per heavy atom. The van der Waals surface area contributed by atoms with Gasteiger partial charge in [0, 0.05) is 10.5 Å². The van der Waals surface area contributed by atoms with Crippen molar-refractivity contribution in [1.29, 1.82) is 0 Å². The van der Waals surface area contributed by atoms with Crippen molar-refractivity contribution in [2.45, 2.75) is 13.8 Å². The van der Waals surface area contributed by atoms with Gasteiger partial charge in [0.05, 0.1) is 19.4 Å². The lowest BCUT2D eigenvalue weighted by Gasteiger charge is -2.09. The molecule has 0 aromatic heterocycles. The molecule has 4 nitrogen and oxygen atoms in total. The highest BCUT2D eigenvalue weighted by Gasteiger charge is 2.05. The topological polar surface area (TPSA) is 47.6 Å². The Morgan fingerprint density at radius 3 is 2.67 bits per heavy atom. The smallest absolute Gasteiger partial charge is 0.248 e. The number of ether oxygens (including phenoxy) is 2. The van der Waals surface area contributed by atoms with Crippen LogP contribution in [0.2, 0.25) is 0 Å². The van der Waals surface area contributed by atoms with Crippen molar-refractivity contribution in [3.05, 3.63) is 58.1 Å². The molecule has 0 spiro atoms. The maximum Gasteiger partial charge on any atom is 0.248 e. The van der Waals surface area contributed by atoms with Gasteiger partial charge in [-0.25, -0.2) is 0 Å². The summed E-state index contributed by atoms with van der Waals surface area (Å²) >= 11 is 3.45. The number of rotatable bonds is 6. The molecule has 24 heavy (non-hydrogen) atoms. The van der Waals surface area contributed by atoms with Crippen molar-refractivity contribution >= 4 is 33.6 Å². The molecule has 1 N–H and O–H groups in total. The minimum absolute atomic E-state index is 0.201. The molecular weight excluding hydrogens is 370 g/mol. The summed E-state index contributed by atoms with van der Waals surface area (Å²) < 4.78 is 11.6. The molecular formula is C19H20BrNO3. The minimum Gasteiger partial charge on any atom is -0.493 e. The first kappa shape index (κ1) is 18.1. The highest BCUT2D eigenvalue weighted by molar-refractivity contribution is 9.10. The van der Waals surface area contributed by atoms with Crippen LogP contribution in [0.4, 0.5) is 5.69 Å². The molecule has 0 fully saturated rings. The summed E-state index contributed by atoms with van der Waals surface area (Å²) in [6.45, 7) is 4.45. The van der Waals surface area contributed by atoms with E-state index in [9.17, 15) is 4.79 Å². The molecule has 0 aliphatic heterocycles. The number of anilines is 1. The fraction of sp³-hybridized carbons (Fsp3) is 0.211. The predicted octanol–water partition coefficient (Wildman–Crippen LogP) is 4.82.